The smallest absolute Gasteiger partial charge is 0.270 e. The van der Waals surface area contributed by atoms with Gasteiger partial charge in [0.15, 0.2) is 0 Å². The molecule has 9 heteroatoms. The molecule has 0 unspecified atom stereocenters. The van der Waals surface area contributed by atoms with Crippen molar-refractivity contribution in [2.75, 3.05) is 12.9 Å². The number of nitrogens with zero attached hydrogens (tertiary/aromatic N) is 2. The van der Waals surface area contributed by atoms with E-state index in [4.69, 9.17) is 0 Å². The van der Waals surface area contributed by atoms with Crippen LogP contribution in [0, 0.1) is 5.92 Å². The summed E-state index contributed by atoms with van der Waals surface area (Å²) in [5.74, 6) is -0.140. The summed E-state index contributed by atoms with van der Waals surface area (Å²) >= 11 is 0. The van der Waals surface area contributed by atoms with Gasteiger partial charge in [-0.3, -0.25) is 8.86 Å². The first kappa shape index (κ1) is 16.0. The predicted octanol–water partition coefficient (Wildman–Crippen LogP) is 1.60. The first-order valence-corrected chi connectivity index (χ1v) is 7.29. The van der Waals surface area contributed by atoms with Gasteiger partial charge in [-0.05, 0) is 17.9 Å². The third kappa shape index (κ3) is 7.16. The monoisotopic (exact) mass is 300 g/mol. The topological polar surface area (TPSA) is 61.2 Å². The van der Waals surface area contributed by atoms with Crippen LogP contribution < -0.4 is 0 Å². The van der Waals surface area contributed by atoms with Crippen molar-refractivity contribution in [1.82, 2.24) is 9.78 Å². The molecule has 1 atom stereocenters. The summed E-state index contributed by atoms with van der Waals surface area (Å²) in [6.45, 7) is 0.594. The number of halogens is 3. The molecule has 1 aromatic rings. The minimum atomic E-state index is -4.31. The van der Waals surface area contributed by atoms with E-state index in [1.165, 1.54) is 12.4 Å². The Morgan fingerprint density at radius 3 is 2.63 bits per heavy atom. The van der Waals surface area contributed by atoms with Crippen LogP contribution in [0.15, 0.2) is 12.4 Å². The Hall–Kier alpha value is -1.09. The highest BCUT2D eigenvalue weighted by Crippen LogP contribution is 2.17. The van der Waals surface area contributed by atoms with Gasteiger partial charge in [-0.25, -0.2) is 0 Å². The number of alkyl halides is 3. The van der Waals surface area contributed by atoms with Crippen LogP contribution >= 0.6 is 0 Å². The minimum Gasteiger partial charge on any atom is -0.270 e. The Labute approximate surface area is 109 Å². The fourth-order valence-corrected chi connectivity index (χ4v) is 1.96. The van der Waals surface area contributed by atoms with Crippen LogP contribution in [0.25, 0.3) is 0 Å². The second-order valence-electron chi connectivity index (χ2n) is 4.46. The molecular formula is C10H15F3N2O3S. The normalized spacial score (nSPS) is 14.6. The molecule has 0 aliphatic heterocycles. The van der Waals surface area contributed by atoms with E-state index < -0.39 is 22.8 Å². The number of aromatic nitrogens is 2. The molecule has 0 saturated heterocycles. The first-order valence-electron chi connectivity index (χ1n) is 5.47. The lowest BCUT2D eigenvalue weighted by atomic mass is 10.1. The summed E-state index contributed by atoms with van der Waals surface area (Å²) < 4.78 is 63.3. The highest BCUT2D eigenvalue weighted by atomic mass is 32.2. The number of hydrogen-bond acceptors (Lipinski definition) is 4. The molecule has 1 rings (SSSR count). The van der Waals surface area contributed by atoms with Gasteiger partial charge in [0.2, 0.25) is 0 Å². The van der Waals surface area contributed by atoms with Crippen molar-refractivity contribution in [2.24, 2.45) is 5.92 Å². The fraction of sp³-hybridized carbons (Fsp3) is 0.700. The van der Waals surface area contributed by atoms with Gasteiger partial charge in [-0.1, -0.05) is 6.92 Å². The predicted molar refractivity (Wildman–Crippen MR) is 61.9 cm³/mol. The van der Waals surface area contributed by atoms with Crippen molar-refractivity contribution in [3.05, 3.63) is 18.0 Å². The van der Waals surface area contributed by atoms with E-state index in [2.05, 4.69) is 9.28 Å². The highest BCUT2D eigenvalue weighted by Gasteiger charge is 2.28. The van der Waals surface area contributed by atoms with Crippen LogP contribution in [-0.2, 0) is 27.3 Å². The molecule has 0 amide bonds. The van der Waals surface area contributed by atoms with Gasteiger partial charge in [-0.2, -0.15) is 26.7 Å². The maximum Gasteiger partial charge on any atom is 0.408 e. The number of rotatable bonds is 6. The van der Waals surface area contributed by atoms with E-state index in [9.17, 15) is 21.6 Å². The van der Waals surface area contributed by atoms with E-state index >= 15 is 0 Å². The molecule has 0 N–H and O–H groups in total. The van der Waals surface area contributed by atoms with Crippen molar-refractivity contribution in [3.63, 3.8) is 0 Å². The standard InChI is InChI=1S/C10H15F3N2O3S/c1-8(6-18-19(2,16)17)3-9-4-14-15(5-9)7-10(11,12)13/h4-5,8H,3,6-7H2,1-2H3/t8-/m1/s1. The first-order chi connectivity index (χ1) is 8.55. The molecule has 0 radical (unpaired) electrons. The molecule has 0 aliphatic rings. The van der Waals surface area contributed by atoms with Crippen molar-refractivity contribution >= 4 is 10.1 Å². The molecule has 0 bridgehead atoms. The van der Waals surface area contributed by atoms with E-state index in [0.717, 1.165) is 10.9 Å². The largest absolute Gasteiger partial charge is 0.408 e. The van der Waals surface area contributed by atoms with Crippen LogP contribution in [0.1, 0.15) is 12.5 Å². The van der Waals surface area contributed by atoms with Crippen molar-refractivity contribution < 1.29 is 25.8 Å². The summed E-state index contributed by atoms with van der Waals surface area (Å²) in [5, 5.41) is 3.60. The second-order valence-corrected chi connectivity index (χ2v) is 6.10. The third-order valence-corrected chi connectivity index (χ3v) is 2.74. The number of hydrogen-bond donors (Lipinski definition) is 0. The Morgan fingerprint density at radius 2 is 2.11 bits per heavy atom. The van der Waals surface area contributed by atoms with Gasteiger partial charge < -0.3 is 0 Å². The average molecular weight is 300 g/mol. The zero-order valence-electron chi connectivity index (χ0n) is 10.5. The lowest BCUT2D eigenvalue weighted by Crippen LogP contribution is -2.17. The Kier molecular flexibility index (Phi) is 4.97. The van der Waals surface area contributed by atoms with Gasteiger partial charge in [-0.15, -0.1) is 0 Å². The van der Waals surface area contributed by atoms with Crippen molar-refractivity contribution in [2.45, 2.75) is 26.1 Å². The van der Waals surface area contributed by atoms with Gasteiger partial charge >= 0.3 is 6.18 Å². The summed E-state index contributed by atoms with van der Waals surface area (Å²) in [4.78, 5) is 0. The average Bonchev–Trinajstić information content (AvgIpc) is 2.58. The Morgan fingerprint density at radius 1 is 1.47 bits per heavy atom. The molecule has 5 nitrogen and oxygen atoms in total. The van der Waals surface area contributed by atoms with Gasteiger partial charge in [0, 0.05) is 6.20 Å². The second kappa shape index (κ2) is 5.91. The van der Waals surface area contributed by atoms with Crippen LogP contribution in [0.3, 0.4) is 0 Å². The highest BCUT2D eigenvalue weighted by molar-refractivity contribution is 7.85. The molecule has 0 spiro atoms. The maximum atomic E-state index is 12.1. The van der Waals surface area contributed by atoms with Crippen LogP contribution in [-0.4, -0.2) is 37.2 Å². The van der Waals surface area contributed by atoms with Gasteiger partial charge in [0.05, 0.1) is 19.1 Å². The summed E-state index contributed by atoms with van der Waals surface area (Å²) in [7, 11) is -3.50. The quantitative estimate of drug-likeness (QED) is 0.749. The molecule has 0 saturated carbocycles. The molecule has 1 heterocycles. The lowest BCUT2D eigenvalue weighted by molar-refractivity contribution is -0.142. The fourth-order valence-electron chi connectivity index (χ4n) is 1.48. The molecule has 0 fully saturated rings. The molecule has 0 aliphatic carbocycles. The van der Waals surface area contributed by atoms with Crippen LogP contribution in [0.4, 0.5) is 13.2 Å². The zero-order chi connectivity index (χ0) is 14.7. The van der Waals surface area contributed by atoms with Gasteiger partial charge in [0.25, 0.3) is 10.1 Å². The Bertz CT molecular complexity index is 510. The van der Waals surface area contributed by atoms with Crippen molar-refractivity contribution in [3.8, 4) is 0 Å². The molecular weight excluding hydrogens is 285 g/mol. The maximum absolute atomic E-state index is 12.1. The zero-order valence-corrected chi connectivity index (χ0v) is 11.3. The van der Waals surface area contributed by atoms with Crippen LogP contribution in [0.5, 0.6) is 0 Å². The van der Waals surface area contributed by atoms with Crippen LogP contribution in [0.2, 0.25) is 0 Å². The van der Waals surface area contributed by atoms with Crippen molar-refractivity contribution in [1.29, 1.82) is 0 Å². The molecule has 1 aromatic heterocycles. The molecule has 110 valence electrons. The minimum absolute atomic E-state index is 0.0106. The van der Waals surface area contributed by atoms with E-state index in [-0.39, 0.29) is 12.5 Å². The SMILES string of the molecule is C[C@@H](COS(C)(=O)=O)Cc1cnn(CC(F)(F)F)c1. The van der Waals surface area contributed by atoms with E-state index in [1.807, 2.05) is 0 Å². The molecule has 0 aromatic carbocycles. The van der Waals surface area contributed by atoms with E-state index in [1.54, 1.807) is 6.92 Å². The van der Waals surface area contributed by atoms with E-state index in [0.29, 0.717) is 12.0 Å². The van der Waals surface area contributed by atoms with Gasteiger partial charge in [0.1, 0.15) is 6.54 Å². The summed E-state index contributed by atoms with van der Waals surface area (Å²) in [6, 6.07) is 0. The molecule has 19 heavy (non-hydrogen) atoms. The lowest BCUT2D eigenvalue weighted by Gasteiger charge is -2.09. The Balaban J connectivity index is 2.49. The summed E-state index contributed by atoms with van der Waals surface area (Å²) in [6.07, 6.45) is -0.337. The third-order valence-electron chi connectivity index (χ3n) is 2.18. The summed E-state index contributed by atoms with van der Waals surface area (Å²) in [5.41, 5.74) is 0.605.